The van der Waals surface area contributed by atoms with Gasteiger partial charge in [0.2, 0.25) is 0 Å². The first-order valence-electron chi connectivity index (χ1n) is 11.9. The van der Waals surface area contributed by atoms with Gasteiger partial charge in [-0.2, -0.15) is 40.5 Å². The molecule has 0 radical (unpaired) electrons. The number of aliphatic hydroxyl groups is 1. The number of rotatable bonds is 5. The Morgan fingerprint density at radius 1 is 1.22 bits per heavy atom. The third-order valence-corrected chi connectivity index (χ3v) is 10.5. The second-order valence-electron chi connectivity index (χ2n) is 11.5. The van der Waals surface area contributed by atoms with Crippen molar-refractivity contribution in [1.82, 2.24) is 0 Å². The number of ether oxygens (including phenoxy) is 1. The smallest absolute Gasteiger partial charge is 0.481 e. The first kappa shape index (κ1) is 34.9. The summed E-state index contributed by atoms with van der Waals surface area (Å²) in [6.07, 6.45) is 7.20. The van der Waals surface area contributed by atoms with E-state index in [0.717, 1.165) is 5.57 Å². The second-order valence-corrected chi connectivity index (χ2v) is 11.5. The Labute approximate surface area is 277 Å². The summed E-state index contributed by atoms with van der Waals surface area (Å²) in [5.41, 5.74) is -2.28. The van der Waals surface area contributed by atoms with Crippen molar-refractivity contribution in [2.45, 2.75) is 89.4 Å². The minimum Gasteiger partial charge on any atom is -0.481 e. The van der Waals surface area contributed by atoms with Crippen LogP contribution in [0.25, 0.3) is 0 Å². The predicted octanol–water partition coefficient (Wildman–Crippen LogP) is 0.959. The molecule has 0 amide bonds. The predicted molar refractivity (Wildman–Crippen MR) is 148 cm³/mol. The van der Waals surface area contributed by atoms with Crippen LogP contribution in [0.4, 0.5) is 0 Å². The Bertz CT molecular complexity index is 989. The van der Waals surface area contributed by atoms with Gasteiger partial charge in [-0.15, -0.1) is 6.58 Å². The molecule has 3 saturated carbocycles. The largest absolute Gasteiger partial charge is 1.00 e. The van der Waals surface area contributed by atoms with Gasteiger partial charge < -0.3 is 14.9 Å². The van der Waals surface area contributed by atoms with Crippen molar-refractivity contribution in [3.63, 3.8) is 0 Å². The Balaban J connectivity index is 0.00000162. The third kappa shape index (κ3) is 4.10. The summed E-state index contributed by atoms with van der Waals surface area (Å²) in [5.74, 6) is -1.16. The molecule has 36 heavy (non-hydrogen) atoms. The van der Waals surface area contributed by atoms with E-state index in [1.54, 1.807) is 13.0 Å². The normalized spacial score (nSPS) is 45.3. The molecule has 1 spiro atoms. The van der Waals surface area contributed by atoms with Crippen LogP contribution in [0.1, 0.15) is 72.1 Å². The molecule has 5 aliphatic rings. The van der Waals surface area contributed by atoms with E-state index in [2.05, 4.69) is 20.4 Å². The quantitative estimate of drug-likeness (QED) is 0.284. The van der Waals surface area contributed by atoms with Crippen LogP contribution in [0.2, 0.25) is 0 Å². The summed E-state index contributed by atoms with van der Waals surface area (Å²) in [7, 11) is 0. The number of hydrogen-bond acceptors (Lipinski definition) is 5. The number of epoxide rings is 1. The maximum absolute atomic E-state index is 13.2. The van der Waals surface area contributed by atoms with Crippen molar-refractivity contribution < 1.29 is 80.7 Å². The maximum atomic E-state index is 13.2. The third-order valence-electron chi connectivity index (χ3n) is 10.5. The molecular weight excluding hydrogens is 544 g/mol. The van der Waals surface area contributed by atoms with E-state index < -0.39 is 28.0 Å². The number of carboxylic acid groups (broad SMARTS) is 1. The van der Waals surface area contributed by atoms with Crippen molar-refractivity contribution in [3.8, 4) is 0 Å². The number of carbonyl (C=O) groups excluding carboxylic acids is 2. The zero-order valence-corrected chi connectivity index (χ0v) is 27.9. The summed E-state index contributed by atoms with van der Waals surface area (Å²) < 4.78 is 6.67. The van der Waals surface area contributed by atoms with Gasteiger partial charge in [0.25, 0.3) is 0 Å². The van der Waals surface area contributed by atoms with Gasteiger partial charge in [-0.05, 0) is 57.4 Å². The van der Waals surface area contributed by atoms with Gasteiger partial charge in [-0.3, -0.25) is 14.4 Å². The molecule has 0 unspecified atom stereocenters. The number of carbonyl (C=O) groups is 3. The van der Waals surface area contributed by atoms with E-state index >= 15 is 0 Å². The molecule has 0 aromatic carbocycles. The van der Waals surface area contributed by atoms with Gasteiger partial charge in [0.05, 0.1) is 11.7 Å². The van der Waals surface area contributed by atoms with Crippen molar-refractivity contribution >= 4 is 58.0 Å². The molecule has 4 aliphatic carbocycles. The molecule has 6 nitrogen and oxygen atoms in total. The van der Waals surface area contributed by atoms with Crippen molar-refractivity contribution in [2.24, 2.45) is 28.1 Å². The second kappa shape index (κ2) is 11.0. The topological polar surface area (TPSA) is 104 Å². The van der Waals surface area contributed by atoms with E-state index in [1.165, 1.54) is 0 Å². The van der Waals surface area contributed by atoms with Crippen LogP contribution < -0.4 is 51.4 Å². The fourth-order valence-electron chi connectivity index (χ4n) is 8.97. The van der Waals surface area contributed by atoms with Gasteiger partial charge >= 0.3 is 57.4 Å². The molecule has 0 bridgehead atoms. The van der Waals surface area contributed by atoms with E-state index in [-0.39, 0.29) is 140 Å². The summed E-state index contributed by atoms with van der Waals surface area (Å²) in [6, 6.07) is 0. The Kier molecular flexibility index (Phi) is 10.7. The van der Waals surface area contributed by atoms with Crippen LogP contribution >= 0.6 is 40.5 Å². The summed E-state index contributed by atoms with van der Waals surface area (Å²) >= 11 is 0. The molecule has 0 aromatic rings. The van der Waals surface area contributed by atoms with Crippen LogP contribution in [0.3, 0.4) is 0 Å². The van der Waals surface area contributed by atoms with E-state index in [1.807, 2.05) is 6.08 Å². The minimum atomic E-state index is -1.12. The zero-order valence-electron chi connectivity index (χ0n) is 21.8. The molecule has 5 rings (SSSR count). The molecule has 1 aliphatic heterocycles. The molecular formula is C26H40KO6S3+. The number of aliphatic carboxylic acids is 1. The molecule has 10 heteroatoms. The maximum Gasteiger partial charge on any atom is 1.00 e. The minimum absolute atomic E-state index is 0. The van der Waals surface area contributed by atoms with Gasteiger partial charge in [0.1, 0.15) is 11.4 Å². The Hall–Kier alpha value is 0.896. The average Bonchev–Trinajstić information content (AvgIpc) is 3.39. The first-order chi connectivity index (χ1) is 14.9. The molecule has 0 aromatic heterocycles. The molecule has 4 fully saturated rings. The number of ketones is 2. The SMILES string of the molecule is C=C[C@@]12[C@H](C(C)=O)CC3=CC(=O)CC[C@]3(C)[C@]13O[C@@H]3C[C@@]1(C)[C@H]2CC[C@@]1(O)CCC(=O)O.S.S.S.[K+]. The molecule has 198 valence electrons. The van der Waals surface area contributed by atoms with Gasteiger partial charge in [-0.25, -0.2) is 0 Å². The number of fused-ring (bicyclic) bond motifs is 3. The van der Waals surface area contributed by atoms with E-state index in [9.17, 15) is 24.6 Å². The summed E-state index contributed by atoms with van der Waals surface area (Å²) in [5, 5.41) is 21.1. The Morgan fingerprint density at radius 3 is 2.42 bits per heavy atom. The van der Waals surface area contributed by atoms with Crippen LogP contribution in [0.5, 0.6) is 0 Å². The number of carboxylic acids is 1. The molecule has 2 N–H and O–H groups in total. The number of Topliss-reactive ketones (excluding diaryl/α,β-unsaturated/α-hetero) is 1. The van der Waals surface area contributed by atoms with Crippen molar-refractivity contribution in [1.29, 1.82) is 0 Å². The standard InChI is InChI=1S/C26H34O6.K.3H2S/c1-5-25-18(15(2)27)13-16-12-17(28)6-9-22(16,3)26(25)20(32-26)14-23(4)19(25)7-10-24(23,31)11-8-21(29)30;;;;/h5,12,18-20,31H,1,6-11,13-14H2,2-4H3,(H,29,30);;3*1H2/q;+1;;;/t18-,19+,20+,22-,23-,24+,25-,26-;;;;/m0..../s1. The van der Waals surface area contributed by atoms with Gasteiger partial charge in [0.15, 0.2) is 5.78 Å². The first-order valence-corrected chi connectivity index (χ1v) is 11.9. The van der Waals surface area contributed by atoms with Crippen LogP contribution in [0.15, 0.2) is 24.3 Å². The van der Waals surface area contributed by atoms with Crippen molar-refractivity contribution in [3.05, 3.63) is 24.3 Å². The van der Waals surface area contributed by atoms with Crippen LogP contribution in [-0.4, -0.2) is 45.1 Å². The van der Waals surface area contributed by atoms with E-state index in [0.29, 0.717) is 38.5 Å². The number of hydrogen-bond donors (Lipinski definition) is 2. The molecule has 1 saturated heterocycles. The summed E-state index contributed by atoms with van der Waals surface area (Å²) in [6.45, 7) is 10.1. The fraction of sp³-hybridized carbons (Fsp3) is 0.731. The fourth-order valence-corrected chi connectivity index (χ4v) is 8.97. The monoisotopic (exact) mass is 583 g/mol. The molecule has 1 heterocycles. The van der Waals surface area contributed by atoms with Crippen molar-refractivity contribution in [2.75, 3.05) is 0 Å². The molecule has 8 atom stereocenters. The summed E-state index contributed by atoms with van der Waals surface area (Å²) in [4.78, 5) is 36.8. The van der Waals surface area contributed by atoms with Crippen LogP contribution in [-0.2, 0) is 19.1 Å². The van der Waals surface area contributed by atoms with Crippen LogP contribution in [0, 0.1) is 28.1 Å². The van der Waals surface area contributed by atoms with E-state index in [4.69, 9.17) is 4.74 Å². The van der Waals surface area contributed by atoms with Gasteiger partial charge in [-0.1, -0.05) is 25.5 Å². The van der Waals surface area contributed by atoms with Gasteiger partial charge in [0, 0.05) is 35.0 Å². The average molecular weight is 584 g/mol. The Morgan fingerprint density at radius 2 is 1.86 bits per heavy atom. The zero-order chi connectivity index (χ0) is 23.3.